The molecule has 1 aromatic carbocycles. The molecule has 0 saturated heterocycles. The van der Waals surface area contributed by atoms with Crippen molar-refractivity contribution >= 4 is 21.6 Å². The number of sulfonamides is 1. The lowest BCUT2D eigenvalue weighted by molar-refractivity contribution is 0.0280. The summed E-state index contributed by atoms with van der Waals surface area (Å²) in [6, 6.07) is 4.56. The zero-order chi connectivity index (χ0) is 17.5. The number of nitrogens with zero attached hydrogens (tertiary/aromatic N) is 2. The molecule has 1 heterocycles. The molecular weight excluding hydrogens is 350 g/mol. The molecule has 6 nitrogen and oxygen atoms in total. The van der Waals surface area contributed by atoms with Crippen LogP contribution in [0.5, 0.6) is 0 Å². The van der Waals surface area contributed by atoms with Crippen LogP contribution in [0.1, 0.15) is 30.0 Å². The summed E-state index contributed by atoms with van der Waals surface area (Å²) in [6.07, 6.45) is 4.18. The van der Waals surface area contributed by atoms with E-state index >= 15 is 0 Å². The normalized spacial score (nSPS) is 22.2. The summed E-state index contributed by atoms with van der Waals surface area (Å²) in [4.78, 5) is 0.0976. The van der Waals surface area contributed by atoms with Gasteiger partial charge in [0.2, 0.25) is 10.0 Å². The number of benzene rings is 1. The van der Waals surface area contributed by atoms with Gasteiger partial charge in [-0.2, -0.15) is 5.10 Å². The number of nitrogens with one attached hydrogen (secondary N) is 1. The highest BCUT2D eigenvalue weighted by Gasteiger charge is 2.38. The predicted octanol–water partition coefficient (Wildman–Crippen LogP) is 2.17. The first kappa shape index (κ1) is 17.4. The van der Waals surface area contributed by atoms with Crippen LogP contribution in [-0.4, -0.2) is 29.4 Å². The second-order valence-electron chi connectivity index (χ2n) is 6.32. The standard InChI is InChI=1S/C16H20ClN3O3S/c1-10-4-3-5-14(17)16(10)24(22,23)19-15(11-6-13(21)7-11)12-8-18-20(2)9-12/h3-5,8-9,11,13,15,19,21H,6-7H2,1-2H3. The topological polar surface area (TPSA) is 84.2 Å². The fraction of sp³-hybridized carbons (Fsp3) is 0.438. The van der Waals surface area contributed by atoms with E-state index < -0.39 is 16.1 Å². The summed E-state index contributed by atoms with van der Waals surface area (Å²) in [7, 11) is -2.02. The molecule has 1 fully saturated rings. The van der Waals surface area contributed by atoms with Crippen molar-refractivity contribution in [3.05, 3.63) is 46.7 Å². The molecule has 0 amide bonds. The van der Waals surface area contributed by atoms with E-state index in [9.17, 15) is 13.5 Å². The predicted molar refractivity (Wildman–Crippen MR) is 91.2 cm³/mol. The summed E-state index contributed by atoms with van der Waals surface area (Å²) in [6.45, 7) is 1.71. The highest BCUT2D eigenvalue weighted by atomic mass is 35.5. The van der Waals surface area contributed by atoms with E-state index in [1.807, 2.05) is 0 Å². The lowest BCUT2D eigenvalue weighted by Gasteiger charge is -2.37. The van der Waals surface area contributed by atoms with E-state index in [0.717, 1.165) is 5.56 Å². The van der Waals surface area contributed by atoms with Crippen LogP contribution in [0.15, 0.2) is 35.5 Å². The Labute approximate surface area is 146 Å². The van der Waals surface area contributed by atoms with Crippen LogP contribution in [0, 0.1) is 12.8 Å². The third-order valence-corrected chi connectivity index (χ3v) is 6.49. The third-order valence-electron chi connectivity index (χ3n) is 4.42. The van der Waals surface area contributed by atoms with Crippen LogP contribution in [0.2, 0.25) is 5.02 Å². The molecule has 130 valence electrons. The minimum atomic E-state index is -3.80. The highest BCUT2D eigenvalue weighted by molar-refractivity contribution is 7.89. The first-order chi connectivity index (χ1) is 11.3. The molecule has 8 heteroatoms. The van der Waals surface area contributed by atoms with Crippen LogP contribution in [-0.2, 0) is 17.1 Å². The minimum Gasteiger partial charge on any atom is -0.393 e. The average molecular weight is 370 g/mol. The molecule has 0 spiro atoms. The van der Waals surface area contributed by atoms with Gasteiger partial charge in [-0.25, -0.2) is 13.1 Å². The monoisotopic (exact) mass is 369 g/mol. The van der Waals surface area contributed by atoms with Gasteiger partial charge >= 0.3 is 0 Å². The summed E-state index contributed by atoms with van der Waals surface area (Å²) in [5.74, 6) is 0.0294. The van der Waals surface area contributed by atoms with Crippen LogP contribution in [0.4, 0.5) is 0 Å². The SMILES string of the molecule is Cc1cccc(Cl)c1S(=O)(=O)NC(c1cnn(C)c1)C1CC(O)C1. The van der Waals surface area contributed by atoms with Crippen LogP contribution < -0.4 is 4.72 Å². The van der Waals surface area contributed by atoms with Gasteiger partial charge in [0.05, 0.1) is 23.4 Å². The van der Waals surface area contributed by atoms with Crippen molar-refractivity contribution in [3.63, 3.8) is 0 Å². The minimum absolute atomic E-state index is 0.0294. The Bertz CT molecular complexity index is 824. The van der Waals surface area contributed by atoms with Crippen LogP contribution in [0.25, 0.3) is 0 Å². The molecule has 1 saturated carbocycles. The lowest BCUT2D eigenvalue weighted by Crippen LogP contribution is -2.41. The summed E-state index contributed by atoms with van der Waals surface area (Å²) < 4.78 is 30.2. The molecule has 1 aliphatic carbocycles. The molecule has 3 rings (SSSR count). The largest absolute Gasteiger partial charge is 0.393 e. The van der Waals surface area contributed by atoms with Crippen molar-refractivity contribution < 1.29 is 13.5 Å². The van der Waals surface area contributed by atoms with E-state index in [-0.39, 0.29) is 21.9 Å². The number of halogens is 1. The van der Waals surface area contributed by atoms with E-state index in [1.54, 1.807) is 49.2 Å². The Hall–Kier alpha value is -1.41. The second-order valence-corrected chi connectivity index (χ2v) is 8.38. The van der Waals surface area contributed by atoms with E-state index in [4.69, 9.17) is 11.6 Å². The highest BCUT2D eigenvalue weighted by Crippen LogP contribution is 2.39. The van der Waals surface area contributed by atoms with Gasteiger partial charge in [0, 0.05) is 18.8 Å². The Morgan fingerprint density at radius 3 is 2.67 bits per heavy atom. The molecule has 0 radical (unpaired) electrons. The molecule has 1 unspecified atom stereocenters. The van der Waals surface area contributed by atoms with Gasteiger partial charge in [0.1, 0.15) is 4.90 Å². The van der Waals surface area contributed by atoms with E-state index in [1.165, 1.54) is 0 Å². The molecule has 2 N–H and O–H groups in total. The van der Waals surface area contributed by atoms with Gasteiger partial charge in [-0.15, -0.1) is 0 Å². The Kier molecular flexibility index (Phi) is 4.70. The Morgan fingerprint density at radius 1 is 1.42 bits per heavy atom. The van der Waals surface area contributed by atoms with Crippen LogP contribution >= 0.6 is 11.6 Å². The average Bonchev–Trinajstić information content (AvgIpc) is 2.88. The molecule has 0 aliphatic heterocycles. The molecule has 1 aliphatic rings. The van der Waals surface area contributed by atoms with Crippen LogP contribution in [0.3, 0.4) is 0 Å². The Morgan fingerprint density at radius 2 is 2.12 bits per heavy atom. The van der Waals surface area contributed by atoms with Crippen molar-refractivity contribution in [1.82, 2.24) is 14.5 Å². The lowest BCUT2D eigenvalue weighted by atomic mass is 9.76. The second kappa shape index (κ2) is 6.48. The maximum absolute atomic E-state index is 12.9. The van der Waals surface area contributed by atoms with Gasteiger partial charge in [-0.1, -0.05) is 23.7 Å². The molecule has 1 aromatic heterocycles. The number of aliphatic hydroxyl groups excluding tert-OH is 1. The Balaban J connectivity index is 1.95. The number of hydrogen-bond donors (Lipinski definition) is 2. The quantitative estimate of drug-likeness (QED) is 0.846. The van der Waals surface area contributed by atoms with Gasteiger partial charge in [-0.3, -0.25) is 4.68 Å². The number of rotatable bonds is 5. The zero-order valence-electron chi connectivity index (χ0n) is 13.5. The number of aliphatic hydroxyl groups is 1. The fourth-order valence-corrected chi connectivity index (χ4v) is 5.25. The van der Waals surface area contributed by atoms with Gasteiger partial charge in [0.25, 0.3) is 0 Å². The van der Waals surface area contributed by atoms with Gasteiger partial charge < -0.3 is 5.11 Å². The maximum Gasteiger partial charge on any atom is 0.242 e. The van der Waals surface area contributed by atoms with E-state index in [2.05, 4.69) is 9.82 Å². The maximum atomic E-state index is 12.9. The van der Waals surface area contributed by atoms with Crippen molar-refractivity contribution in [1.29, 1.82) is 0 Å². The fourth-order valence-electron chi connectivity index (χ4n) is 3.12. The van der Waals surface area contributed by atoms with Crippen molar-refractivity contribution in [3.8, 4) is 0 Å². The van der Waals surface area contributed by atoms with Crippen molar-refractivity contribution in [2.24, 2.45) is 13.0 Å². The van der Waals surface area contributed by atoms with E-state index in [0.29, 0.717) is 18.4 Å². The van der Waals surface area contributed by atoms with Gasteiger partial charge in [0.15, 0.2) is 0 Å². The van der Waals surface area contributed by atoms with Crippen molar-refractivity contribution in [2.75, 3.05) is 0 Å². The summed E-state index contributed by atoms with van der Waals surface area (Å²) in [5.41, 5.74) is 1.37. The molecule has 0 bridgehead atoms. The molecule has 1 atom stereocenters. The first-order valence-electron chi connectivity index (χ1n) is 7.72. The summed E-state index contributed by atoms with van der Waals surface area (Å²) >= 11 is 6.12. The number of aromatic nitrogens is 2. The third kappa shape index (κ3) is 3.35. The zero-order valence-corrected chi connectivity index (χ0v) is 15.0. The summed E-state index contributed by atoms with van der Waals surface area (Å²) in [5, 5.41) is 13.9. The number of hydrogen-bond acceptors (Lipinski definition) is 4. The number of aryl methyl sites for hydroxylation is 2. The first-order valence-corrected chi connectivity index (χ1v) is 9.58. The molecule has 24 heavy (non-hydrogen) atoms. The molecule has 2 aromatic rings. The smallest absolute Gasteiger partial charge is 0.242 e. The van der Waals surface area contributed by atoms with Crippen molar-refractivity contribution in [2.45, 2.75) is 36.8 Å². The molecular formula is C16H20ClN3O3S. The van der Waals surface area contributed by atoms with Gasteiger partial charge in [-0.05, 0) is 37.3 Å².